The van der Waals surface area contributed by atoms with E-state index in [4.69, 9.17) is 4.74 Å². The molecule has 0 saturated carbocycles. The van der Waals surface area contributed by atoms with Gasteiger partial charge in [0.25, 0.3) is 5.56 Å². The molecule has 1 N–H and O–H groups in total. The predicted molar refractivity (Wildman–Crippen MR) is 99.8 cm³/mol. The number of amides is 1. The normalized spacial score (nSPS) is 22.8. The number of anilines is 1. The van der Waals surface area contributed by atoms with Crippen LogP contribution >= 0.6 is 0 Å². The van der Waals surface area contributed by atoms with Crippen molar-refractivity contribution in [1.29, 1.82) is 0 Å². The molecule has 1 aliphatic rings. The van der Waals surface area contributed by atoms with E-state index in [-0.39, 0.29) is 35.6 Å². The maximum Gasteiger partial charge on any atom is 0.250 e. The van der Waals surface area contributed by atoms with Crippen LogP contribution in [0.15, 0.2) is 23.1 Å². The monoisotopic (exact) mass is 349 g/mol. The van der Waals surface area contributed by atoms with Gasteiger partial charge in [-0.05, 0) is 32.3 Å². The number of carbonyl (C=O) groups excluding carboxylic acids is 1. The van der Waals surface area contributed by atoms with E-state index < -0.39 is 0 Å². The lowest BCUT2D eigenvalue weighted by molar-refractivity contribution is -0.130. The van der Waals surface area contributed by atoms with Gasteiger partial charge in [0.05, 0.1) is 23.9 Å². The van der Waals surface area contributed by atoms with E-state index >= 15 is 0 Å². The summed E-state index contributed by atoms with van der Waals surface area (Å²) < 4.78 is 7.43. The van der Waals surface area contributed by atoms with Gasteiger partial charge in [-0.15, -0.1) is 0 Å². The Morgan fingerprint density at radius 2 is 1.92 bits per heavy atom. The van der Waals surface area contributed by atoms with Crippen LogP contribution in [0.4, 0.5) is 5.69 Å². The van der Waals surface area contributed by atoms with Gasteiger partial charge in [-0.2, -0.15) is 0 Å². The number of ether oxygens (including phenoxy) is 1. The number of rotatable bonds is 6. The van der Waals surface area contributed by atoms with Gasteiger partial charge in [0.2, 0.25) is 5.91 Å². The van der Waals surface area contributed by atoms with Crippen LogP contribution in [0.2, 0.25) is 0 Å². The first-order valence-corrected chi connectivity index (χ1v) is 9.22. The van der Waals surface area contributed by atoms with E-state index in [0.717, 1.165) is 19.5 Å². The second-order valence-electron chi connectivity index (χ2n) is 7.34. The Hall–Kier alpha value is -1.66. The standard InChI is InChI=1S/C19H31N3O3/c1-6-9-21-12-16(7-8-17(21)23)20-19(24)18(13(2)3)22-10-14(4)25-15(5)11-22/h7-8,12-15,18H,6,9-11H2,1-5H3,(H,20,24). The molecule has 1 fully saturated rings. The highest BCUT2D eigenvalue weighted by molar-refractivity contribution is 5.94. The SMILES string of the molecule is CCCn1cc(NC(=O)C(C(C)C)N2CC(C)OC(C)C2)ccc1=O. The van der Waals surface area contributed by atoms with Crippen molar-refractivity contribution in [1.82, 2.24) is 9.47 Å². The van der Waals surface area contributed by atoms with Gasteiger partial charge in [-0.25, -0.2) is 0 Å². The van der Waals surface area contributed by atoms with Crippen molar-refractivity contribution < 1.29 is 9.53 Å². The van der Waals surface area contributed by atoms with Gasteiger partial charge < -0.3 is 14.6 Å². The minimum atomic E-state index is -0.222. The maximum absolute atomic E-state index is 12.9. The number of nitrogens with one attached hydrogen (secondary N) is 1. The number of nitrogens with zero attached hydrogens (tertiary/aromatic N) is 2. The first-order chi connectivity index (χ1) is 11.8. The van der Waals surface area contributed by atoms with Gasteiger partial charge in [-0.3, -0.25) is 14.5 Å². The molecule has 6 heteroatoms. The fraction of sp³-hybridized carbons (Fsp3) is 0.684. The molecule has 2 heterocycles. The van der Waals surface area contributed by atoms with E-state index in [1.165, 1.54) is 6.07 Å². The van der Waals surface area contributed by atoms with Crippen molar-refractivity contribution in [2.45, 2.75) is 65.8 Å². The average molecular weight is 349 g/mol. The van der Waals surface area contributed by atoms with E-state index in [2.05, 4.69) is 24.1 Å². The Bertz CT molecular complexity index is 631. The minimum absolute atomic E-state index is 0.0296. The first kappa shape index (κ1) is 19.7. The van der Waals surface area contributed by atoms with Crippen molar-refractivity contribution in [2.75, 3.05) is 18.4 Å². The van der Waals surface area contributed by atoms with Gasteiger partial charge >= 0.3 is 0 Å². The molecule has 1 aliphatic heterocycles. The molecule has 140 valence electrons. The predicted octanol–water partition coefficient (Wildman–Crippen LogP) is 2.33. The summed E-state index contributed by atoms with van der Waals surface area (Å²) in [6.07, 6.45) is 2.83. The third kappa shape index (κ3) is 5.16. The van der Waals surface area contributed by atoms with Crippen LogP contribution in [0.5, 0.6) is 0 Å². The molecule has 3 atom stereocenters. The van der Waals surface area contributed by atoms with Crippen molar-refractivity contribution >= 4 is 11.6 Å². The molecule has 25 heavy (non-hydrogen) atoms. The van der Waals surface area contributed by atoms with Crippen molar-refractivity contribution in [2.24, 2.45) is 5.92 Å². The molecule has 2 rings (SSSR count). The lowest BCUT2D eigenvalue weighted by Crippen LogP contribution is -2.55. The van der Waals surface area contributed by atoms with E-state index in [9.17, 15) is 9.59 Å². The van der Waals surface area contributed by atoms with Gasteiger partial charge in [0.1, 0.15) is 0 Å². The third-order valence-corrected chi connectivity index (χ3v) is 4.46. The molecule has 0 aliphatic carbocycles. The van der Waals surface area contributed by atoms with Crippen LogP contribution in [-0.2, 0) is 16.1 Å². The molecule has 0 bridgehead atoms. The lowest BCUT2D eigenvalue weighted by atomic mass is 9.99. The number of hydrogen-bond donors (Lipinski definition) is 1. The van der Waals surface area contributed by atoms with Gasteiger partial charge in [0, 0.05) is 31.9 Å². The molecule has 1 saturated heterocycles. The zero-order valence-corrected chi connectivity index (χ0v) is 16.0. The number of aromatic nitrogens is 1. The van der Waals surface area contributed by atoms with Crippen LogP contribution < -0.4 is 10.9 Å². The molecular formula is C19H31N3O3. The van der Waals surface area contributed by atoms with Crippen molar-refractivity contribution in [3.8, 4) is 0 Å². The molecule has 0 spiro atoms. The molecule has 1 aromatic heterocycles. The Morgan fingerprint density at radius 1 is 1.28 bits per heavy atom. The topological polar surface area (TPSA) is 63.6 Å². The van der Waals surface area contributed by atoms with Gasteiger partial charge in [0.15, 0.2) is 0 Å². The van der Waals surface area contributed by atoms with Gasteiger partial charge in [-0.1, -0.05) is 20.8 Å². The highest BCUT2D eigenvalue weighted by atomic mass is 16.5. The maximum atomic E-state index is 12.9. The minimum Gasteiger partial charge on any atom is -0.373 e. The number of aryl methyl sites for hydroxylation is 1. The molecule has 1 amide bonds. The summed E-state index contributed by atoms with van der Waals surface area (Å²) in [5.74, 6) is 0.150. The first-order valence-electron chi connectivity index (χ1n) is 9.22. The third-order valence-electron chi connectivity index (χ3n) is 4.46. The van der Waals surface area contributed by atoms with E-state index in [1.807, 2.05) is 20.8 Å². The quantitative estimate of drug-likeness (QED) is 0.856. The van der Waals surface area contributed by atoms with E-state index in [1.54, 1.807) is 16.8 Å². The Morgan fingerprint density at radius 3 is 2.48 bits per heavy atom. The fourth-order valence-corrected chi connectivity index (χ4v) is 3.57. The summed E-state index contributed by atoms with van der Waals surface area (Å²) in [7, 11) is 0. The van der Waals surface area contributed by atoms with Crippen LogP contribution in [-0.4, -0.2) is 46.7 Å². The molecule has 6 nitrogen and oxygen atoms in total. The second kappa shape index (κ2) is 8.63. The zero-order valence-electron chi connectivity index (χ0n) is 16.0. The molecule has 3 unspecified atom stereocenters. The largest absolute Gasteiger partial charge is 0.373 e. The number of morpholine rings is 1. The lowest BCUT2D eigenvalue weighted by Gasteiger charge is -2.41. The molecule has 0 aromatic carbocycles. The second-order valence-corrected chi connectivity index (χ2v) is 7.34. The Kier molecular flexibility index (Phi) is 6.79. The number of carbonyl (C=O) groups is 1. The van der Waals surface area contributed by atoms with Crippen LogP contribution in [0.3, 0.4) is 0 Å². The highest BCUT2D eigenvalue weighted by Gasteiger charge is 2.34. The van der Waals surface area contributed by atoms with Crippen molar-refractivity contribution in [3.63, 3.8) is 0 Å². The zero-order chi connectivity index (χ0) is 18.6. The fourth-order valence-electron chi connectivity index (χ4n) is 3.57. The Labute approximate surface area is 150 Å². The van der Waals surface area contributed by atoms with Crippen LogP contribution in [0.1, 0.15) is 41.0 Å². The Balaban J connectivity index is 2.15. The summed E-state index contributed by atoms with van der Waals surface area (Å²) >= 11 is 0. The summed E-state index contributed by atoms with van der Waals surface area (Å²) in [4.78, 5) is 27.0. The number of pyridine rings is 1. The average Bonchev–Trinajstić information content (AvgIpc) is 2.49. The van der Waals surface area contributed by atoms with E-state index in [0.29, 0.717) is 12.2 Å². The number of hydrogen-bond acceptors (Lipinski definition) is 4. The van der Waals surface area contributed by atoms with Crippen LogP contribution in [0.25, 0.3) is 0 Å². The summed E-state index contributed by atoms with van der Waals surface area (Å²) in [6.45, 7) is 12.4. The summed E-state index contributed by atoms with van der Waals surface area (Å²) in [5, 5.41) is 3.00. The van der Waals surface area contributed by atoms with Crippen LogP contribution in [0, 0.1) is 5.92 Å². The summed E-state index contributed by atoms with van der Waals surface area (Å²) in [6, 6.07) is 2.96. The summed E-state index contributed by atoms with van der Waals surface area (Å²) in [5.41, 5.74) is 0.620. The highest BCUT2D eigenvalue weighted by Crippen LogP contribution is 2.20. The van der Waals surface area contributed by atoms with Crippen molar-refractivity contribution in [3.05, 3.63) is 28.7 Å². The molecule has 0 radical (unpaired) electrons. The molecule has 1 aromatic rings. The smallest absolute Gasteiger partial charge is 0.250 e. The molecular weight excluding hydrogens is 318 g/mol.